The summed E-state index contributed by atoms with van der Waals surface area (Å²) in [6, 6.07) is 19.9. The van der Waals surface area contributed by atoms with E-state index in [1.807, 2.05) is 38.1 Å². The number of hydrogen-bond donors (Lipinski definition) is 2. The largest absolute Gasteiger partial charge is 0.494 e. The molecule has 0 saturated carbocycles. The molecule has 0 heterocycles. The molecule has 0 aromatic heterocycles. The van der Waals surface area contributed by atoms with Crippen molar-refractivity contribution in [3.8, 4) is 5.75 Å². The van der Waals surface area contributed by atoms with Crippen molar-refractivity contribution >= 4 is 27.3 Å². The maximum Gasteiger partial charge on any atom is 0.261 e. The van der Waals surface area contributed by atoms with E-state index in [9.17, 15) is 13.2 Å². The Labute approximate surface area is 170 Å². The number of benzene rings is 3. The lowest BCUT2D eigenvalue weighted by Gasteiger charge is -2.11. The molecule has 0 bridgehead atoms. The molecule has 2 N–H and O–H groups in total. The molecule has 29 heavy (non-hydrogen) atoms. The summed E-state index contributed by atoms with van der Waals surface area (Å²) in [5.74, 6) is 0.363. The van der Waals surface area contributed by atoms with Crippen LogP contribution in [0.2, 0.25) is 0 Å². The van der Waals surface area contributed by atoms with Gasteiger partial charge < -0.3 is 10.1 Å². The molecule has 0 fully saturated rings. The van der Waals surface area contributed by atoms with Crippen LogP contribution >= 0.6 is 0 Å². The summed E-state index contributed by atoms with van der Waals surface area (Å²) in [6.07, 6.45) is 0. The third-order valence-electron chi connectivity index (χ3n) is 4.24. The van der Waals surface area contributed by atoms with Crippen molar-refractivity contribution in [2.45, 2.75) is 18.7 Å². The third-order valence-corrected chi connectivity index (χ3v) is 5.63. The predicted molar refractivity (Wildman–Crippen MR) is 114 cm³/mol. The highest BCUT2D eigenvalue weighted by atomic mass is 32.2. The average molecular weight is 410 g/mol. The lowest BCUT2D eigenvalue weighted by atomic mass is 10.1. The molecule has 0 saturated heterocycles. The number of amides is 1. The Kier molecular flexibility index (Phi) is 6.19. The highest BCUT2D eigenvalue weighted by molar-refractivity contribution is 7.92. The zero-order chi connectivity index (χ0) is 20.9. The number of sulfonamides is 1. The van der Waals surface area contributed by atoms with Gasteiger partial charge in [-0.25, -0.2) is 8.42 Å². The minimum atomic E-state index is -3.77. The van der Waals surface area contributed by atoms with Crippen molar-refractivity contribution in [2.75, 3.05) is 16.6 Å². The first kappa shape index (κ1) is 20.4. The van der Waals surface area contributed by atoms with Gasteiger partial charge in [-0.2, -0.15) is 0 Å². The molecule has 0 aliphatic rings. The van der Waals surface area contributed by atoms with Crippen LogP contribution in [0.15, 0.2) is 77.7 Å². The van der Waals surface area contributed by atoms with Gasteiger partial charge in [0.15, 0.2) is 0 Å². The molecule has 3 aromatic carbocycles. The maximum atomic E-state index is 12.6. The monoisotopic (exact) mass is 410 g/mol. The van der Waals surface area contributed by atoms with E-state index in [0.717, 1.165) is 5.56 Å². The van der Waals surface area contributed by atoms with Crippen LogP contribution < -0.4 is 14.8 Å². The standard InChI is InChI=1S/C22H22N2O4S/c1-3-28-19-12-10-18(11-13-19)24-29(26,27)20-14-8-17(9-15-20)22(25)23-21-7-5-4-6-16(21)2/h4-15,24H,3H2,1-2H3,(H,23,25). The smallest absolute Gasteiger partial charge is 0.261 e. The highest BCUT2D eigenvalue weighted by Gasteiger charge is 2.15. The second-order valence-electron chi connectivity index (χ2n) is 6.36. The molecule has 6 nitrogen and oxygen atoms in total. The van der Waals surface area contributed by atoms with Crippen molar-refractivity contribution in [2.24, 2.45) is 0 Å². The molecule has 150 valence electrons. The summed E-state index contributed by atoms with van der Waals surface area (Å²) in [6.45, 7) is 4.31. The van der Waals surface area contributed by atoms with E-state index in [1.54, 1.807) is 24.3 Å². The van der Waals surface area contributed by atoms with Gasteiger partial charge in [-0.3, -0.25) is 9.52 Å². The summed E-state index contributed by atoms with van der Waals surface area (Å²) in [5.41, 5.74) is 2.45. The van der Waals surface area contributed by atoms with Gasteiger partial charge >= 0.3 is 0 Å². The van der Waals surface area contributed by atoms with Gasteiger partial charge in [0.1, 0.15) is 5.75 Å². The van der Waals surface area contributed by atoms with Crippen LogP contribution in [0, 0.1) is 6.92 Å². The van der Waals surface area contributed by atoms with Crippen LogP contribution in [0.5, 0.6) is 5.75 Å². The van der Waals surface area contributed by atoms with E-state index < -0.39 is 10.0 Å². The first-order valence-electron chi connectivity index (χ1n) is 9.12. The van der Waals surface area contributed by atoms with E-state index in [0.29, 0.717) is 29.3 Å². The Bertz CT molecular complexity index is 1090. The van der Waals surface area contributed by atoms with Gasteiger partial charge in [-0.15, -0.1) is 0 Å². The lowest BCUT2D eigenvalue weighted by Crippen LogP contribution is -2.15. The van der Waals surface area contributed by atoms with Crippen molar-refractivity contribution < 1.29 is 17.9 Å². The number of nitrogens with one attached hydrogen (secondary N) is 2. The Morgan fingerprint density at radius 3 is 2.21 bits per heavy atom. The van der Waals surface area contributed by atoms with Crippen LogP contribution in [-0.2, 0) is 10.0 Å². The van der Waals surface area contributed by atoms with Crippen LogP contribution in [0.1, 0.15) is 22.8 Å². The molecule has 0 atom stereocenters. The minimum absolute atomic E-state index is 0.0684. The van der Waals surface area contributed by atoms with E-state index in [1.165, 1.54) is 24.3 Å². The Hall–Kier alpha value is -3.32. The van der Waals surface area contributed by atoms with Crippen LogP contribution in [0.25, 0.3) is 0 Å². The molecular weight excluding hydrogens is 388 g/mol. The number of anilines is 2. The number of carbonyl (C=O) groups is 1. The number of carbonyl (C=O) groups excluding carboxylic acids is 1. The first-order chi connectivity index (χ1) is 13.9. The quantitative estimate of drug-likeness (QED) is 0.603. The summed E-state index contributed by atoms with van der Waals surface area (Å²) in [5, 5.41) is 2.82. The number of rotatable bonds is 7. The Morgan fingerprint density at radius 2 is 1.59 bits per heavy atom. The van der Waals surface area contributed by atoms with Crippen molar-refractivity contribution in [1.29, 1.82) is 0 Å². The molecule has 0 spiro atoms. The van der Waals surface area contributed by atoms with Crippen molar-refractivity contribution in [3.63, 3.8) is 0 Å². The average Bonchev–Trinajstić information content (AvgIpc) is 2.71. The molecular formula is C22H22N2O4S. The third kappa shape index (κ3) is 5.14. The van der Waals surface area contributed by atoms with Gasteiger partial charge in [0.05, 0.1) is 11.5 Å². The molecule has 3 aromatic rings. The second-order valence-corrected chi connectivity index (χ2v) is 8.04. The summed E-state index contributed by atoms with van der Waals surface area (Å²) < 4.78 is 33.0. The highest BCUT2D eigenvalue weighted by Crippen LogP contribution is 2.20. The van der Waals surface area contributed by atoms with Gasteiger partial charge in [-0.05, 0) is 74.0 Å². The fourth-order valence-electron chi connectivity index (χ4n) is 2.69. The number of ether oxygens (including phenoxy) is 1. The molecule has 0 aliphatic heterocycles. The van der Waals surface area contributed by atoms with Crippen LogP contribution in [0.3, 0.4) is 0 Å². The molecule has 0 aliphatic carbocycles. The minimum Gasteiger partial charge on any atom is -0.494 e. The molecule has 0 unspecified atom stereocenters. The number of aryl methyl sites for hydroxylation is 1. The topological polar surface area (TPSA) is 84.5 Å². The summed E-state index contributed by atoms with van der Waals surface area (Å²) in [4.78, 5) is 12.5. The van der Waals surface area contributed by atoms with Gasteiger partial charge in [0, 0.05) is 16.9 Å². The zero-order valence-electron chi connectivity index (χ0n) is 16.2. The molecule has 7 heteroatoms. The van der Waals surface area contributed by atoms with Crippen molar-refractivity contribution in [1.82, 2.24) is 0 Å². The molecule has 1 amide bonds. The second kappa shape index (κ2) is 8.79. The van der Waals surface area contributed by atoms with E-state index in [2.05, 4.69) is 10.0 Å². The summed E-state index contributed by atoms with van der Waals surface area (Å²) in [7, 11) is -3.77. The number of hydrogen-bond acceptors (Lipinski definition) is 4. The fourth-order valence-corrected chi connectivity index (χ4v) is 3.75. The van der Waals surface area contributed by atoms with Gasteiger partial charge in [0.2, 0.25) is 0 Å². The Morgan fingerprint density at radius 1 is 0.931 bits per heavy atom. The maximum absolute atomic E-state index is 12.6. The SMILES string of the molecule is CCOc1ccc(NS(=O)(=O)c2ccc(C(=O)Nc3ccccc3C)cc2)cc1. The lowest BCUT2D eigenvalue weighted by molar-refractivity contribution is 0.102. The molecule has 3 rings (SSSR count). The van der Waals surface area contributed by atoms with E-state index in [4.69, 9.17) is 4.74 Å². The first-order valence-corrected chi connectivity index (χ1v) is 10.6. The van der Waals surface area contributed by atoms with E-state index in [-0.39, 0.29) is 10.8 Å². The van der Waals surface area contributed by atoms with Crippen LogP contribution in [-0.4, -0.2) is 20.9 Å². The van der Waals surface area contributed by atoms with Crippen molar-refractivity contribution in [3.05, 3.63) is 83.9 Å². The fraction of sp³-hybridized carbons (Fsp3) is 0.136. The predicted octanol–water partition coefficient (Wildman–Crippen LogP) is 4.45. The zero-order valence-corrected chi connectivity index (χ0v) is 17.0. The van der Waals surface area contributed by atoms with Gasteiger partial charge in [-0.1, -0.05) is 18.2 Å². The molecule has 0 radical (unpaired) electrons. The normalized spacial score (nSPS) is 11.0. The summed E-state index contributed by atoms with van der Waals surface area (Å²) >= 11 is 0. The van der Waals surface area contributed by atoms with Crippen LogP contribution in [0.4, 0.5) is 11.4 Å². The van der Waals surface area contributed by atoms with E-state index >= 15 is 0 Å². The Balaban J connectivity index is 1.71. The van der Waals surface area contributed by atoms with Gasteiger partial charge in [0.25, 0.3) is 15.9 Å². The number of para-hydroxylation sites is 1.